The zero-order valence-electron chi connectivity index (χ0n) is 15.2. The molecule has 0 saturated carbocycles. The Morgan fingerprint density at radius 3 is 2.60 bits per heavy atom. The fourth-order valence-corrected chi connectivity index (χ4v) is 4.04. The average Bonchev–Trinajstić information content (AvgIpc) is 2.95. The molecule has 1 saturated heterocycles. The largest absolute Gasteiger partial charge is 0.300 e. The number of Topliss-reactive ketones (excluding diaryl/α,β-unsaturated/α-hetero) is 1. The molecule has 0 spiro atoms. The van der Waals surface area contributed by atoms with E-state index in [1.165, 1.54) is 18.4 Å². The SMILES string of the molecule is C\C=C/C=C\C=C\CN1CCC(CC2Cc3ccccc3C2=O)CC1. The van der Waals surface area contributed by atoms with E-state index in [4.69, 9.17) is 0 Å². The molecule has 2 nitrogen and oxygen atoms in total. The van der Waals surface area contributed by atoms with Gasteiger partial charge in [-0.25, -0.2) is 0 Å². The molecule has 0 aromatic heterocycles. The zero-order valence-corrected chi connectivity index (χ0v) is 15.2. The maximum atomic E-state index is 12.6. The number of allylic oxidation sites excluding steroid dienone is 5. The summed E-state index contributed by atoms with van der Waals surface area (Å²) in [5.41, 5.74) is 2.23. The Labute approximate surface area is 151 Å². The van der Waals surface area contributed by atoms with Crippen molar-refractivity contribution < 1.29 is 4.79 Å². The Bertz CT molecular complexity index is 662. The first-order valence-electron chi connectivity index (χ1n) is 9.57. The third kappa shape index (κ3) is 4.79. The van der Waals surface area contributed by atoms with E-state index in [0.717, 1.165) is 38.0 Å². The number of hydrogen-bond acceptors (Lipinski definition) is 2. The summed E-state index contributed by atoms with van der Waals surface area (Å²) in [7, 11) is 0. The minimum Gasteiger partial charge on any atom is -0.300 e. The summed E-state index contributed by atoms with van der Waals surface area (Å²) in [5, 5.41) is 0. The highest BCUT2D eigenvalue weighted by Crippen LogP contribution is 2.33. The van der Waals surface area contributed by atoms with E-state index in [-0.39, 0.29) is 5.92 Å². The molecule has 0 bridgehead atoms. The van der Waals surface area contributed by atoms with Crippen molar-refractivity contribution in [2.24, 2.45) is 11.8 Å². The molecule has 1 aromatic rings. The third-order valence-electron chi connectivity index (χ3n) is 5.47. The molecule has 2 aliphatic rings. The molecule has 1 aliphatic carbocycles. The van der Waals surface area contributed by atoms with Crippen LogP contribution in [-0.4, -0.2) is 30.3 Å². The van der Waals surface area contributed by atoms with Gasteiger partial charge in [-0.2, -0.15) is 0 Å². The highest BCUT2D eigenvalue weighted by atomic mass is 16.1. The van der Waals surface area contributed by atoms with Crippen molar-refractivity contribution in [2.45, 2.75) is 32.6 Å². The molecule has 0 N–H and O–H groups in total. The number of fused-ring (bicyclic) bond motifs is 1. The van der Waals surface area contributed by atoms with E-state index >= 15 is 0 Å². The van der Waals surface area contributed by atoms with Crippen LogP contribution in [0.5, 0.6) is 0 Å². The van der Waals surface area contributed by atoms with Crippen molar-refractivity contribution in [1.29, 1.82) is 0 Å². The number of rotatable bonds is 6. The molecule has 1 aromatic carbocycles. The number of ketones is 1. The standard InChI is InChI=1S/C23H29NO/c1-2-3-4-5-6-9-14-24-15-12-19(13-16-24)17-21-18-20-10-7-8-11-22(20)23(21)25/h2-11,19,21H,12-18H2,1H3/b3-2-,5-4-,9-6+. The van der Waals surface area contributed by atoms with E-state index in [2.05, 4.69) is 35.3 Å². The fraction of sp³-hybridized carbons (Fsp3) is 0.435. The monoisotopic (exact) mass is 335 g/mol. The Morgan fingerprint density at radius 2 is 1.84 bits per heavy atom. The number of piperidine rings is 1. The van der Waals surface area contributed by atoms with E-state index in [0.29, 0.717) is 11.7 Å². The predicted molar refractivity (Wildman–Crippen MR) is 105 cm³/mol. The second kappa shape index (κ2) is 8.96. The second-order valence-electron chi connectivity index (χ2n) is 7.24. The Kier molecular flexibility index (Phi) is 6.41. The highest BCUT2D eigenvalue weighted by molar-refractivity contribution is 6.02. The van der Waals surface area contributed by atoms with E-state index in [1.807, 2.05) is 37.3 Å². The van der Waals surface area contributed by atoms with Gasteiger partial charge in [0.15, 0.2) is 5.78 Å². The van der Waals surface area contributed by atoms with Crippen molar-refractivity contribution >= 4 is 5.78 Å². The number of likely N-dealkylation sites (tertiary alicyclic amines) is 1. The summed E-state index contributed by atoms with van der Waals surface area (Å²) in [5.74, 6) is 1.32. The lowest BCUT2D eigenvalue weighted by Crippen LogP contribution is -2.34. The second-order valence-corrected chi connectivity index (χ2v) is 7.24. The molecule has 0 amide bonds. The molecule has 1 unspecified atom stereocenters. The normalized spacial score (nSPS) is 22.6. The summed E-state index contributed by atoms with van der Waals surface area (Å²) in [6.45, 7) is 5.36. The van der Waals surface area contributed by atoms with Crippen molar-refractivity contribution in [2.75, 3.05) is 19.6 Å². The summed E-state index contributed by atoms with van der Waals surface area (Å²) >= 11 is 0. The van der Waals surface area contributed by atoms with Gasteiger partial charge in [0, 0.05) is 18.0 Å². The Hall–Kier alpha value is -1.93. The minimum atomic E-state index is 0.227. The maximum absolute atomic E-state index is 12.6. The van der Waals surface area contributed by atoms with Gasteiger partial charge >= 0.3 is 0 Å². The average molecular weight is 335 g/mol. The zero-order chi connectivity index (χ0) is 17.5. The Balaban J connectivity index is 1.41. The maximum Gasteiger partial charge on any atom is 0.166 e. The Morgan fingerprint density at radius 1 is 1.08 bits per heavy atom. The molecular formula is C23H29NO. The topological polar surface area (TPSA) is 20.3 Å². The lowest BCUT2D eigenvalue weighted by atomic mass is 9.85. The van der Waals surface area contributed by atoms with E-state index < -0.39 is 0 Å². The smallest absolute Gasteiger partial charge is 0.166 e. The molecule has 1 fully saturated rings. The van der Waals surface area contributed by atoms with Crippen LogP contribution in [0.4, 0.5) is 0 Å². The molecule has 132 valence electrons. The van der Waals surface area contributed by atoms with Gasteiger partial charge in [-0.1, -0.05) is 60.7 Å². The van der Waals surface area contributed by atoms with Crippen LogP contribution < -0.4 is 0 Å². The van der Waals surface area contributed by atoms with Gasteiger partial charge in [-0.05, 0) is 57.2 Å². The first-order valence-corrected chi connectivity index (χ1v) is 9.57. The van der Waals surface area contributed by atoms with Crippen molar-refractivity contribution in [3.63, 3.8) is 0 Å². The summed E-state index contributed by atoms with van der Waals surface area (Å²) in [6, 6.07) is 8.15. The number of hydrogen-bond donors (Lipinski definition) is 0. The molecule has 25 heavy (non-hydrogen) atoms. The van der Waals surface area contributed by atoms with Gasteiger partial charge in [-0.15, -0.1) is 0 Å². The van der Waals surface area contributed by atoms with Crippen LogP contribution in [0.15, 0.2) is 60.7 Å². The summed E-state index contributed by atoms with van der Waals surface area (Å²) in [6.07, 6.45) is 17.0. The third-order valence-corrected chi connectivity index (χ3v) is 5.47. The molecule has 0 radical (unpaired) electrons. The predicted octanol–water partition coefficient (Wildman–Crippen LogP) is 4.83. The van der Waals surface area contributed by atoms with Crippen LogP contribution in [0.2, 0.25) is 0 Å². The van der Waals surface area contributed by atoms with Gasteiger partial charge in [0.25, 0.3) is 0 Å². The number of carbonyl (C=O) groups is 1. The van der Waals surface area contributed by atoms with Crippen LogP contribution in [0.1, 0.15) is 42.1 Å². The molecular weight excluding hydrogens is 306 g/mol. The molecule has 1 aliphatic heterocycles. The van der Waals surface area contributed by atoms with Crippen LogP contribution >= 0.6 is 0 Å². The first-order chi connectivity index (χ1) is 12.3. The lowest BCUT2D eigenvalue weighted by Gasteiger charge is -2.32. The van der Waals surface area contributed by atoms with Gasteiger partial charge in [0.1, 0.15) is 0 Å². The number of nitrogens with zero attached hydrogens (tertiary/aromatic N) is 1. The van der Waals surface area contributed by atoms with E-state index in [1.54, 1.807) is 0 Å². The van der Waals surface area contributed by atoms with Crippen molar-refractivity contribution in [3.05, 3.63) is 71.8 Å². The number of benzene rings is 1. The van der Waals surface area contributed by atoms with E-state index in [9.17, 15) is 4.79 Å². The molecule has 1 heterocycles. The summed E-state index contributed by atoms with van der Waals surface area (Å²) in [4.78, 5) is 15.1. The molecule has 2 heteroatoms. The van der Waals surface area contributed by atoms with Gasteiger partial charge in [0.2, 0.25) is 0 Å². The highest BCUT2D eigenvalue weighted by Gasteiger charge is 2.32. The van der Waals surface area contributed by atoms with Gasteiger partial charge in [0.05, 0.1) is 0 Å². The quantitative estimate of drug-likeness (QED) is 0.694. The van der Waals surface area contributed by atoms with Crippen LogP contribution in [0.3, 0.4) is 0 Å². The van der Waals surface area contributed by atoms with Gasteiger partial charge < -0.3 is 0 Å². The fourth-order valence-electron chi connectivity index (χ4n) is 4.04. The molecule has 3 rings (SSSR count). The van der Waals surface area contributed by atoms with Crippen LogP contribution in [-0.2, 0) is 6.42 Å². The summed E-state index contributed by atoms with van der Waals surface area (Å²) < 4.78 is 0. The first kappa shape index (κ1) is 17.9. The van der Waals surface area contributed by atoms with Crippen molar-refractivity contribution in [1.82, 2.24) is 4.90 Å². The van der Waals surface area contributed by atoms with Crippen LogP contribution in [0.25, 0.3) is 0 Å². The molecule has 1 atom stereocenters. The van der Waals surface area contributed by atoms with Crippen molar-refractivity contribution in [3.8, 4) is 0 Å². The lowest BCUT2D eigenvalue weighted by molar-refractivity contribution is 0.0900. The minimum absolute atomic E-state index is 0.227. The number of carbonyl (C=O) groups excluding carboxylic acids is 1. The van der Waals surface area contributed by atoms with Crippen LogP contribution in [0, 0.1) is 11.8 Å². The van der Waals surface area contributed by atoms with Gasteiger partial charge in [-0.3, -0.25) is 9.69 Å².